The number of alkyl halides is 3. The Balaban J connectivity index is 2.08. The van der Waals surface area contributed by atoms with Crippen molar-refractivity contribution < 1.29 is 32.2 Å². The van der Waals surface area contributed by atoms with Gasteiger partial charge in [-0.2, -0.15) is 18.3 Å². The van der Waals surface area contributed by atoms with Gasteiger partial charge < -0.3 is 14.8 Å². The molecule has 0 spiro atoms. The number of anilines is 1. The van der Waals surface area contributed by atoms with Gasteiger partial charge in [-0.25, -0.2) is 4.68 Å². The lowest BCUT2D eigenvalue weighted by atomic mass is 9.98. The monoisotopic (exact) mass is 399 g/mol. The van der Waals surface area contributed by atoms with Crippen LogP contribution in [0.15, 0.2) is 30.6 Å². The number of carbonyl (C=O) groups excluding carboxylic acids is 2. The standard InChI is InChI=1S/C18H20F3N3O4/c1-17(2,3)16(26)28-10-24-9-12(8-22-24)23-15(25)11-5-6-14(27-4)13(7-11)18(19,20)21/h5-9H,10H2,1-4H3,(H,23,25). The van der Waals surface area contributed by atoms with Gasteiger partial charge in [-0.3, -0.25) is 9.59 Å². The first-order chi connectivity index (χ1) is 12.9. The quantitative estimate of drug-likeness (QED) is 0.775. The Kier molecular flexibility index (Phi) is 6.01. The van der Waals surface area contributed by atoms with E-state index in [0.717, 1.165) is 13.2 Å². The van der Waals surface area contributed by atoms with Crippen molar-refractivity contribution in [3.63, 3.8) is 0 Å². The third-order valence-corrected chi connectivity index (χ3v) is 3.60. The van der Waals surface area contributed by atoms with Gasteiger partial charge in [0.2, 0.25) is 0 Å². The second-order valence-corrected chi connectivity index (χ2v) is 6.95. The second-order valence-electron chi connectivity index (χ2n) is 6.95. The highest BCUT2D eigenvalue weighted by molar-refractivity contribution is 6.04. The zero-order valence-electron chi connectivity index (χ0n) is 15.8. The average molecular weight is 399 g/mol. The van der Waals surface area contributed by atoms with Crippen LogP contribution in [0.2, 0.25) is 0 Å². The second kappa shape index (κ2) is 7.91. The van der Waals surface area contributed by atoms with Crippen LogP contribution in [0.5, 0.6) is 5.75 Å². The Morgan fingerprint density at radius 2 is 1.89 bits per heavy atom. The zero-order valence-corrected chi connectivity index (χ0v) is 15.8. The molecule has 1 aromatic heterocycles. The summed E-state index contributed by atoms with van der Waals surface area (Å²) in [6.45, 7) is 4.95. The molecule has 0 aliphatic rings. The molecule has 1 amide bonds. The number of amides is 1. The van der Waals surface area contributed by atoms with Crippen molar-refractivity contribution in [1.29, 1.82) is 0 Å². The molecule has 0 atom stereocenters. The van der Waals surface area contributed by atoms with Crippen LogP contribution in [0.25, 0.3) is 0 Å². The lowest BCUT2D eigenvalue weighted by Gasteiger charge is -2.16. The van der Waals surface area contributed by atoms with E-state index >= 15 is 0 Å². The topological polar surface area (TPSA) is 82.4 Å². The lowest BCUT2D eigenvalue weighted by molar-refractivity contribution is -0.157. The van der Waals surface area contributed by atoms with Gasteiger partial charge in [0.05, 0.1) is 36.2 Å². The summed E-state index contributed by atoms with van der Waals surface area (Å²) in [5, 5.41) is 6.37. The van der Waals surface area contributed by atoms with Crippen molar-refractivity contribution in [3.05, 3.63) is 41.7 Å². The number of esters is 1. The first kappa shape index (κ1) is 21.3. The number of halogens is 3. The van der Waals surface area contributed by atoms with Crippen molar-refractivity contribution in [2.45, 2.75) is 33.7 Å². The van der Waals surface area contributed by atoms with Gasteiger partial charge in [-0.15, -0.1) is 0 Å². The van der Waals surface area contributed by atoms with Crippen LogP contribution in [0.1, 0.15) is 36.7 Å². The Labute approximate surface area is 159 Å². The van der Waals surface area contributed by atoms with Gasteiger partial charge in [0.25, 0.3) is 5.91 Å². The molecule has 0 unspecified atom stereocenters. The van der Waals surface area contributed by atoms with Crippen molar-refractivity contribution in [1.82, 2.24) is 9.78 Å². The minimum absolute atomic E-state index is 0.160. The molecule has 10 heteroatoms. The van der Waals surface area contributed by atoms with Crippen molar-refractivity contribution >= 4 is 17.6 Å². The fourth-order valence-corrected chi connectivity index (χ4v) is 2.11. The number of carbonyl (C=O) groups is 2. The fraction of sp³-hybridized carbons (Fsp3) is 0.389. The Morgan fingerprint density at radius 3 is 2.46 bits per heavy atom. The van der Waals surface area contributed by atoms with Crippen molar-refractivity contribution in [2.75, 3.05) is 12.4 Å². The van der Waals surface area contributed by atoms with E-state index in [9.17, 15) is 22.8 Å². The van der Waals surface area contributed by atoms with E-state index in [1.807, 2.05) is 0 Å². The number of aromatic nitrogens is 2. The molecule has 0 radical (unpaired) electrons. The molecule has 2 rings (SSSR count). The summed E-state index contributed by atoms with van der Waals surface area (Å²) >= 11 is 0. The minimum Gasteiger partial charge on any atom is -0.496 e. The van der Waals surface area contributed by atoms with Crippen LogP contribution in [-0.4, -0.2) is 28.8 Å². The first-order valence-electron chi connectivity index (χ1n) is 8.18. The number of benzene rings is 1. The maximum atomic E-state index is 13.1. The summed E-state index contributed by atoms with van der Waals surface area (Å²) in [6.07, 6.45) is -1.98. The number of nitrogens with zero attached hydrogens (tertiary/aromatic N) is 2. The number of hydrogen-bond acceptors (Lipinski definition) is 5. The Morgan fingerprint density at radius 1 is 1.21 bits per heavy atom. The van der Waals surface area contributed by atoms with Gasteiger partial charge in [-0.05, 0) is 39.0 Å². The van der Waals surface area contributed by atoms with E-state index in [0.29, 0.717) is 6.07 Å². The zero-order chi connectivity index (χ0) is 21.1. The third-order valence-electron chi connectivity index (χ3n) is 3.60. The molecule has 2 aromatic rings. The van der Waals surface area contributed by atoms with E-state index in [1.54, 1.807) is 20.8 Å². The largest absolute Gasteiger partial charge is 0.496 e. The highest BCUT2D eigenvalue weighted by Crippen LogP contribution is 2.36. The van der Waals surface area contributed by atoms with E-state index in [1.165, 1.54) is 23.1 Å². The number of rotatable bonds is 5. The average Bonchev–Trinajstić information content (AvgIpc) is 3.04. The SMILES string of the molecule is COc1ccc(C(=O)Nc2cnn(COC(=O)C(C)(C)C)c2)cc1C(F)(F)F. The summed E-state index contributed by atoms with van der Waals surface area (Å²) in [5.74, 6) is -1.55. The number of nitrogens with one attached hydrogen (secondary N) is 1. The Bertz CT molecular complexity index is 870. The molecular formula is C18H20F3N3O4. The van der Waals surface area contributed by atoms with E-state index in [4.69, 9.17) is 9.47 Å². The van der Waals surface area contributed by atoms with Gasteiger partial charge in [-0.1, -0.05) is 0 Å². The molecular weight excluding hydrogens is 379 g/mol. The lowest BCUT2D eigenvalue weighted by Crippen LogP contribution is -2.24. The molecule has 7 nitrogen and oxygen atoms in total. The van der Waals surface area contributed by atoms with Crippen LogP contribution in [0.3, 0.4) is 0 Å². The van der Waals surface area contributed by atoms with Crippen molar-refractivity contribution in [2.24, 2.45) is 5.41 Å². The van der Waals surface area contributed by atoms with Gasteiger partial charge >= 0.3 is 12.1 Å². The van der Waals surface area contributed by atoms with Crippen LogP contribution in [0.4, 0.5) is 18.9 Å². The maximum Gasteiger partial charge on any atom is 0.419 e. The summed E-state index contributed by atoms with van der Waals surface area (Å²) in [5.41, 5.74) is -1.68. The molecule has 1 heterocycles. The molecule has 0 aliphatic carbocycles. The van der Waals surface area contributed by atoms with Gasteiger partial charge in [0.15, 0.2) is 6.73 Å². The molecule has 0 saturated carbocycles. The van der Waals surface area contributed by atoms with Crippen LogP contribution in [-0.2, 0) is 22.4 Å². The smallest absolute Gasteiger partial charge is 0.419 e. The van der Waals surface area contributed by atoms with Crippen LogP contribution >= 0.6 is 0 Å². The molecule has 1 N–H and O–H groups in total. The van der Waals surface area contributed by atoms with Crippen molar-refractivity contribution in [3.8, 4) is 5.75 Å². The van der Waals surface area contributed by atoms with Gasteiger partial charge in [0.1, 0.15) is 5.75 Å². The number of hydrogen-bond donors (Lipinski definition) is 1. The van der Waals surface area contributed by atoms with E-state index in [-0.39, 0.29) is 23.7 Å². The normalized spacial score (nSPS) is 11.8. The molecule has 152 valence electrons. The number of methoxy groups -OCH3 is 1. The summed E-state index contributed by atoms with van der Waals surface area (Å²) < 4.78 is 50.3. The van der Waals surface area contributed by atoms with Crippen LogP contribution < -0.4 is 10.1 Å². The molecule has 28 heavy (non-hydrogen) atoms. The summed E-state index contributed by atoms with van der Waals surface area (Å²) in [6, 6.07) is 3.01. The first-order valence-corrected chi connectivity index (χ1v) is 8.18. The van der Waals surface area contributed by atoms with E-state index in [2.05, 4.69) is 10.4 Å². The molecule has 0 bridgehead atoms. The Hall–Kier alpha value is -3.04. The summed E-state index contributed by atoms with van der Waals surface area (Å²) in [4.78, 5) is 24.0. The van der Waals surface area contributed by atoms with E-state index < -0.39 is 29.0 Å². The minimum atomic E-state index is -4.66. The fourth-order valence-electron chi connectivity index (χ4n) is 2.11. The van der Waals surface area contributed by atoms with Crippen LogP contribution in [0, 0.1) is 5.41 Å². The summed E-state index contributed by atoms with van der Waals surface area (Å²) in [7, 11) is 1.12. The predicted octanol–water partition coefficient (Wildman–Crippen LogP) is 3.71. The maximum absolute atomic E-state index is 13.1. The van der Waals surface area contributed by atoms with Gasteiger partial charge in [0, 0.05) is 5.56 Å². The molecule has 0 fully saturated rings. The molecule has 1 aromatic carbocycles. The predicted molar refractivity (Wildman–Crippen MR) is 93.7 cm³/mol. The highest BCUT2D eigenvalue weighted by Gasteiger charge is 2.35. The third kappa shape index (κ3) is 5.24. The molecule has 0 aliphatic heterocycles. The number of ether oxygens (including phenoxy) is 2. The molecule has 0 saturated heterocycles. The highest BCUT2D eigenvalue weighted by atomic mass is 19.4.